The summed E-state index contributed by atoms with van der Waals surface area (Å²) in [4.78, 5) is 0. The van der Waals surface area contributed by atoms with Crippen LogP contribution in [-0.4, -0.2) is 26.6 Å². The van der Waals surface area contributed by atoms with Crippen molar-refractivity contribution in [2.24, 2.45) is 0 Å². The third-order valence-electron chi connectivity index (χ3n) is 3.74. The van der Waals surface area contributed by atoms with Crippen LogP contribution in [0.4, 0.5) is 0 Å². The molecule has 3 rings (SSSR count). The Balaban J connectivity index is 1.65. The van der Waals surface area contributed by atoms with E-state index in [4.69, 9.17) is 0 Å². The Morgan fingerprint density at radius 3 is 2.74 bits per heavy atom. The third-order valence-corrected chi connectivity index (χ3v) is 3.74. The molecule has 1 fully saturated rings. The zero-order chi connectivity index (χ0) is 13.1. The Hall–Kier alpha value is -1.62. The highest BCUT2D eigenvalue weighted by molar-refractivity contribution is 5.04. The monoisotopic (exact) mass is 259 g/mol. The van der Waals surface area contributed by atoms with Crippen LogP contribution in [-0.2, 0) is 13.1 Å². The summed E-state index contributed by atoms with van der Waals surface area (Å²) < 4.78 is 4.09. The maximum Gasteiger partial charge on any atom is 0.0849 e. The summed E-state index contributed by atoms with van der Waals surface area (Å²) in [6.07, 6.45) is 9.35. The van der Waals surface area contributed by atoms with E-state index in [-0.39, 0.29) is 0 Å². The fourth-order valence-electron chi connectivity index (χ4n) is 2.77. The molecule has 0 atom stereocenters. The number of rotatable bonds is 5. The number of nitrogens with one attached hydrogen (secondary N) is 1. The van der Waals surface area contributed by atoms with Crippen LogP contribution >= 0.6 is 0 Å². The molecule has 5 heteroatoms. The molecule has 0 aromatic carbocycles. The van der Waals surface area contributed by atoms with Gasteiger partial charge in [-0.2, -0.15) is 10.2 Å². The van der Waals surface area contributed by atoms with E-state index in [0.717, 1.165) is 24.5 Å². The molecule has 5 nitrogen and oxygen atoms in total. The minimum absolute atomic E-state index is 0.617. The largest absolute Gasteiger partial charge is 0.314 e. The third kappa shape index (κ3) is 2.87. The second-order valence-corrected chi connectivity index (χ2v) is 5.26. The SMILES string of the molecule is CNCc1ccn(Cc2ccn(C3CCCC3)n2)n1. The molecule has 1 N–H and O–H groups in total. The molecule has 2 aromatic rings. The standard InChI is InChI=1S/C14H21N5/c1-15-10-12-6-8-18(16-12)11-13-7-9-19(17-13)14-4-2-3-5-14/h6-9,14-15H,2-5,10-11H2,1H3. The zero-order valence-corrected chi connectivity index (χ0v) is 11.4. The molecule has 0 amide bonds. The summed E-state index contributed by atoms with van der Waals surface area (Å²) in [6, 6.07) is 4.77. The molecule has 2 heterocycles. The molecular weight excluding hydrogens is 238 g/mol. The molecule has 0 spiro atoms. The molecule has 2 aromatic heterocycles. The molecule has 102 valence electrons. The van der Waals surface area contributed by atoms with Gasteiger partial charge >= 0.3 is 0 Å². The van der Waals surface area contributed by atoms with E-state index in [0.29, 0.717) is 6.04 Å². The first kappa shape index (κ1) is 12.4. The summed E-state index contributed by atoms with van der Waals surface area (Å²) in [5.74, 6) is 0. The lowest BCUT2D eigenvalue weighted by molar-refractivity contribution is 0.460. The molecule has 0 aliphatic heterocycles. The minimum Gasteiger partial charge on any atom is -0.314 e. The Kier molecular flexibility index (Phi) is 3.64. The van der Waals surface area contributed by atoms with Crippen LogP contribution in [0.5, 0.6) is 0 Å². The highest BCUT2D eigenvalue weighted by atomic mass is 15.3. The maximum atomic E-state index is 4.68. The van der Waals surface area contributed by atoms with Crippen LogP contribution in [0, 0.1) is 0 Å². The summed E-state index contributed by atoms with van der Waals surface area (Å²) in [6.45, 7) is 1.56. The van der Waals surface area contributed by atoms with Gasteiger partial charge in [-0.05, 0) is 32.0 Å². The quantitative estimate of drug-likeness (QED) is 0.893. The number of aromatic nitrogens is 4. The van der Waals surface area contributed by atoms with E-state index in [9.17, 15) is 0 Å². The van der Waals surface area contributed by atoms with Gasteiger partial charge < -0.3 is 5.32 Å². The predicted molar refractivity (Wildman–Crippen MR) is 73.8 cm³/mol. The molecule has 0 unspecified atom stereocenters. The Labute approximate surface area is 113 Å². The van der Waals surface area contributed by atoms with Gasteiger partial charge in [0.25, 0.3) is 0 Å². The van der Waals surface area contributed by atoms with Crippen molar-refractivity contribution < 1.29 is 0 Å². The lowest BCUT2D eigenvalue weighted by Crippen LogP contribution is -2.09. The molecule has 0 radical (unpaired) electrons. The lowest BCUT2D eigenvalue weighted by atomic mass is 10.3. The lowest BCUT2D eigenvalue weighted by Gasteiger charge is -2.08. The normalized spacial score (nSPS) is 16.3. The summed E-state index contributed by atoms with van der Waals surface area (Å²) >= 11 is 0. The van der Waals surface area contributed by atoms with Crippen molar-refractivity contribution in [2.45, 2.75) is 44.8 Å². The Bertz CT molecular complexity index is 521. The topological polar surface area (TPSA) is 47.7 Å². The molecule has 19 heavy (non-hydrogen) atoms. The van der Waals surface area contributed by atoms with Crippen LogP contribution < -0.4 is 5.32 Å². The van der Waals surface area contributed by atoms with Gasteiger partial charge in [0.1, 0.15) is 0 Å². The van der Waals surface area contributed by atoms with Gasteiger partial charge in [-0.1, -0.05) is 12.8 Å². The first-order valence-corrected chi connectivity index (χ1v) is 7.06. The summed E-state index contributed by atoms with van der Waals surface area (Å²) in [7, 11) is 1.93. The van der Waals surface area contributed by atoms with Gasteiger partial charge in [0, 0.05) is 18.9 Å². The maximum absolute atomic E-state index is 4.68. The van der Waals surface area contributed by atoms with Crippen LogP contribution in [0.2, 0.25) is 0 Å². The smallest absolute Gasteiger partial charge is 0.0849 e. The Morgan fingerprint density at radius 1 is 1.16 bits per heavy atom. The van der Waals surface area contributed by atoms with Crippen molar-refractivity contribution >= 4 is 0 Å². The molecule has 0 saturated heterocycles. The van der Waals surface area contributed by atoms with Gasteiger partial charge in [-0.25, -0.2) is 0 Å². The molecule has 1 aliphatic carbocycles. The number of hydrogen-bond donors (Lipinski definition) is 1. The van der Waals surface area contributed by atoms with Crippen LogP contribution in [0.1, 0.15) is 43.1 Å². The second-order valence-electron chi connectivity index (χ2n) is 5.26. The number of nitrogens with zero attached hydrogens (tertiary/aromatic N) is 4. The highest BCUT2D eigenvalue weighted by Crippen LogP contribution is 2.28. The van der Waals surface area contributed by atoms with Crippen molar-refractivity contribution in [1.82, 2.24) is 24.9 Å². The van der Waals surface area contributed by atoms with Crippen molar-refractivity contribution in [3.8, 4) is 0 Å². The van der Waals surface area contributed by atoms with Gasteiger partial charge in [-0.3, -0.25) is 9.36 Å². The first-order chi connectivity index (χ1) is 9.35. The molecule has 1 saturated carbocycles. The van der Waals surface area contributed by atoms with Gasteiger partial charge in [0.15, 0.2) is 0 Å². The molecular formula is C14H21N5. The van der Waals surface area contributed by atoms with Crippen LogP contribution in [0.15, 0.2) is 24.5 Å². The van der Waals surface area contributed by atoms with E-state index in [1.807, 2.05) is 24.0 Å². The average molecular weight is 259 g/mol. The first-order valence-electron chi connectivity index (χ1n) is 7.06. The fourth-order valence-corrected chi connectivity index (χ4v) is 2.77. The Morgan fingerprint density at radius 2 is 1.95 bits per heavy atom. The van der Waals surface area contributed by atoms with Gasteiger partial charge in [-0.15, -0.1) is 0 Å². The predicted octanol–water partition coefficient (Wildman–Crippen LogP) is 1.96. The summed E-state index contributed by atoms with van der Waals surface area (Å²) in [5.41, 5.74) is 2.16. The van der Waals surface area contributed by atoms with Gasteiger partial charge in [0.2, 0.25) is 0 Å². The number of hydrogen-bond acceptors (Lipinski definition) is 3. The van der Waals surface area contributed by atoms with E-state index in [1.165, 1.54) is 25.7 Å². The zero-order valence-electron chi connectivity index (χ0n) is 11.4. The van der Waals surface area contributed by atoms with Crippen molar-refractivity contribution in [1.29, 1.82) is 0 Å². The van der Waals surface area contributed by atoms with E-state index < -0.39 is 0 Å². The average Bonchev–Trinajstić information content (AvgIpc) is 3.10. The molecule has 1 aliphatic rings. The van der Waals surface area contributed by atoms with Crippen LogP contribution in [0.25, 0.3) is 0 Å². The van der Waals surface area contributed by atoms with E-state index in [2.05, 4.69) is 32.5 Å². The fraction of sp³-hybridized carbons (Fsp3) is 0.571. The van der Waals surface area contributed by atoms with Crippen molar-refractivity contribution in [3.05, 3.63) is 35.9 Å². The van der Waals surface area contributed by atoms with Crippen LogP contribution in [0.3, 0.4) is 0 Å². The molecule has 0 bridgehead atoms. The van der Waals surface area contributed by atoms with E-state index >= 15 is 0 Å². The highest BCUT2D eigenvalue weighted by Gasteiger charge is 2.17. The summed E-state index contributed by atoms with van der Waals surface area (Å²) in [5, 5.41) is 12.3. The van der Waals surface area contributed by atoms with E-state index in [1.54, 1.807) is 0 Å². The minimum atomic E-state index is 0.617. The van der Waals surface area contributed by atoms with Crippen molar-refractivity contribution in [2.75, 3.05) is 7.05 Å². The second kappa shape index (κ2) is 5.57. The van der Waals surface area contributed by atoms with Crippen molar-refractivity contribution in [3.63, 3.8) is 0 Å². The van der Waals surface area contributed by atoms with Gasteiger partial charge in [0.05, 0.1) is 24.0 Å².